The molecule has 1 aliphatic heterocycles. The van der Waals surface area contributed by atoms with Crippen LogP contribution in [0.15, 0.2) is 18.5 Å². The van der Waals surface area contributed by atoms with Gasteiger partial charge in [-0.2, -0.15) is 10.2 Å². The molecule has 0 aliphatic carbocycles. The number of nitrogens with zero attached hydrogens (tertiary/aromatic N) is 3. The Balaban J connectivity index is 2.11. The van der Waals surface area contributed by atoms with E-state index in [4.69, 9.17) is 0 Å². The zero-order valence-corrected chi connectivity index (χ0v) is 9.80. The summed E-state index contributed by atoms with van der Waals surface area (Å²) in [6.07, 6.45) is 5.28. The maximum Gasteiger partial charge on any atom is 0.255 e. The summed E-state index contributed by atoms with van der Waals surface area (Å²) in [5, 5.41) is 7.35. The fourth-order valence-corrected chi connectivity index (χ4v) is 2.23. The van der Waals surface area contributed by atoms with Crippen molar-refractivity contribution in [2.45, 2.75) is 32.2 Å². The monoisotopic (exact) mass is 233 g/mol. The van der Waals surface area contributed by atoms with Crippen LogP contribution >= 0.6 is 0 Å². The van der Waals surface area contributed by atoms with E-state index in [1.165, 1.54) is 12.4 Å². The van der Waals surface area contributed by atoms with Crippen molar-refractivity contribution in [3.63, 3.8) is 0 Å². The van der Waals surface area contributed by atoms with Crippen LogP contribution in [0.3, 0.4) is 0 Å². The second kappa shape index (κ2) is 5.03. The molecule has 1 fully saturated rings. The first-order valence-electron chi connectivity index (χ1n) is 5.75. The van der Waals surface area contributed by atoms with Crippen LogP contribution in [0, 0.1) is 0 Å². The summed E-state index contributed by atoms with van der Waals surface area (Å²) in [5.74, 6) is 0.0752. The first-order chi connectivity index (χ1) is 8.18. The van der Waals surface area contributed by atoms with Gasteiger partial charge < -0.3 is 4.90 Å². The van der Waals surface area contributed by atoms with Crippen molar-refractivity contribution in [1.82, 2.24) is 15.1 Å². The third kappa shape index (κ3) is 2.67. The van der Waals surface area contributed by atoms with Crippen molar-refractivity contribution in [2.24, 2.45) is 0 Å². The van der Waals surface area contributed by atoms with E-state index < -0.39 is 0 Å². The highest BCUT2D eigenvalue weighted by molar-refractivity contribution is 5.94. The molecule has 0 N–H and O–H groups in total. The van der Waals surface area contributed by atoms with Crippen LogP contribution < -0.4 is 0 Å². The van der Waals surface area contributed by atoms with Crippen LogP contribution in [-0.2, 0) is 4.79 Å². The van der Waals surface area contributed by atoms with Crippen molar-refractivity contribution >= 4 is 11.7 Å². The number of carbonyl (C=O) groups is 2. The minimum Gasteiger partial charge on any atom is -0.335 e. The molecule has 2 heterocycles. The SMILES string of the molecule is CC(=O)CC1CCCN1C(=O)c1ccnnc1. The predicted molar refractivity (Wildman–Crippen MR) is 61.4 cm³/mol. The van der Waals surface area contributed by atoms with Gasteiger partial charge in [0.1, 0.15) is 5.78 Å². The van der Waals surface area contributed by atoms with Gasteiger partial charge in [-0.15, -0.1) is 0 Å². The molecular formula is C12H15N3O2. The Morgan fingerprint density at radius 1 is 1.47 bits per heavy atom. The topological polar surface area (TPSA) is 63.2 Å². The molecule has 0 aromatic carbocycles. The zero-order chi connectivity index (χ0) is 12.3. The molecule has 1 unspecified atom stereocenters. The van der Waals surface area contributed by atoms with Crippen LogP contribution in [0.2, 0.25) is 0 Å². The minimum absolute atomic E-state index is 0.0492. The Bertz CT molecular complexity index is 419. The summed E-state index contributed by atoms with van der Waals surface area (Å²) in [6, 6.07) is 1.70. The molecule has 0 saturated carbocycles. The summed E-state index contributed by atoms with van der Waals surface area (Å²) in [4.78, 5) is 25.1. The van der Waals surface area contributed by atoms with Crippen LogP contribution in [0.25, 0.3) is 0 Å². The minimum atomic E-state index is -0.0522. The molecule has 1 aromatic heterocycles. The van der Waals surface area contributed by atoms with Crippen LogP contribution in [-0.4, -0.2) is 39.4 Å². The number of hydrogen-bond donors (Lipinski definition) is 0. The maximum absolute atomic E-state index is 12.2. The summed E-state index contributed by atoms with van der Waals surface area (Å²) < 4.78 is 0. The fraction of sp³-hybridized carbons (Fsp3) is 0.500. The van der Waals surface area contributed by atoms with Crippen molar-refractivity contribution < 1.29 is 9.59 Å². The number of ketones is 1. The molecule has 5 heteroatoms. The van der Waals surface area contributed by atoms with Gasteiger partial charge >= 0.3 is 0 Å². The van der Waals surface area contributed by atoms with Crippen LogP contribution in [0.4, 0.5) is 0 Å². The van der Waals surface area contributed by atoms with Gasteiger partial charge in [-0.05, 0) is 25.8 Å². The smallest absolute Gasteiger partial charge is 0.255 e. The van der Waals surface area contributed by atoms with Gasteiger partial charge in [-0.25, -0.2) is 0 Å². The van der Waals surface area contributed by atoms with Crippen LogP contribution in [0.1, 0.15) is 36.5 Å². The molecule has 1 atom stereocenters. The molecular weight excluding hydrogens is 218 g/mol. The number of amides is 1. The fourth-order valence-electron chi connectivity index (χ4n) is 2.23. The van der Waals surface area contributed by atoms with E-state index >= 15 is 0 Å². The number of rotatable bonds is 3. The van der Waals surface area contributed by atoms with Gasteiger partial charge in [0.05, 0.1) is 18.0 Å². The average Bonchev–Trinajstić information content (AvgIpc) is 2.76. The van der Waals surface area contributed by atoms with Gasteiger partial charge in [-0.3, -0.25) is 9.59 Å². The number of hydrogen-bond acceptors (Lipinski definition) is 4. The Labute approximate surface area is 99.8 Å². The predicted octanol–water partition coefficient (Wildman–Crippen LogP) is 1.06. The first-order valence-corrected chi connectivity index (χ1v) is 5.75. The van der Waals surface area contributed by atoms with Gasteiger partial charge in [0.25, 0.3) is 5.91 Å². The zero-order valence-electron chi connectivity index (χ0n) is 9.80. The highest BCUT2D eigenvalue weighted by Crippen LogP contribution is 2.22. The van der Waals surface area contributed by atoms with Gasteiger partial charge in [-0.1, -0.05) is 0 Å². The largest absolute Gasteiger partial charge is 0.335 e. The Morgan fingerprint density at radius 3 is 2.94 bits per heavy atom. The van der Waals surface area contributed by atoms with Crippen molar-refractivity contribution in [2.75, 3.05) is 6.54 Å². The highest BCUT2D eigenvalue weighted by Gasteiger charge is 2.30. The molecule has 17 heavy (non-hydrogen) atoms. The second-order valence-electron chi connectivity index (χ2n) is 4.33. The van der Waals surface area contributed by atoms with E-state index in [2.05, 4.69) is 10.2 Å². The second-order valence-corrected chi connectivity index (χ2v) is 4.33. The standard InChI is InChI=1S/C12H15N3O2/c1-9(16)7-11-3-2-6-15(11)12(17)10-4-5-13-14-8-10/h4-5,8,11H,2-3,6-7H2,1H3. The average molecular weight is 233 g/mol. The third-order valence-electron chi connectivity index (χ3n) is 2.99. The number of Topliss-reactive ketones (excluding diaryl/α,β-unsaturated/α-hetero) is 1. The summed E-state index contributed by atoms with van der Waals surface area (Å²) in [5.41, 5.74) is 0.537. The molecule has 5 nitrogen and oxygen atoms in total. The summed E-state index contributed by atoms with van der Waals surface area (Å²) in [6.45, 7) is 2.29. The lowest BCUT2D eigenvalue weighted by molar-refractivity contribution is -0.117. The highest BCUT2D eigenvalue weighted by atomic mass is 16.2. The molecule has 1 saturated heterocycles. The Kier molecular flexibility index (Phi) is 3.46. The van der Waals surface area contributed by atoms with E-state index in [1.807, 2.05) is 0 Å². The van der Waals surface area contributed by atoms with E-state index in [1.54, 1.807) is 17.9 Å². The Morgan fingerprint density at radius 2 is 2.29 bits per heavy atom. The molecule has 0 spiro atoms. The van der Waals surface area contributed by atoms with Crippen LogP contribution in [0.5, 0.6) is 0 Å². The van der Waals surface area contributed by atoms with E-state index in [-0.39, 0.29) is 17.7 Å². The quantitative estimate of drug-likeness (QED) is 0.783. The molecule has 2 rings (SSSR count). The number of carbonyl (C=O) groups excluding carboxylic acids is 2. The molecule has 0 radical (unpaired) electrons. The lowest BCUT2D eigenvalue weighted by Crippen LogP contribution is -2.36. The van der Waals surface area contributed by atoms with Crippen molar-refractivity contribution in [3.05, 3.63) is 24.0 Å². The van der Waals surface area contributed by atoms with Gasteiger partial charge in [0.2, 0.25) is 0 Å². The summed E-state index contributed by atoms with van der Waals surface area (Å²) >= 11 is 0. The third-order valence-corrected chi connectivity index (χ3v) is 2.99. The van der Waals surface area contributed by atoms with Crippen molar-refractivity contribution in [3.8, 4) is 0 Å². The van der Waals surface area contributed by atoms with E-state index in [0.29, 0.717) is 12.0 Å². The maximum atomic E-state index is 12.2. The Hall–Kier alpha value is -1.78. The molecule has 1 amide bonds. The number of likely N-dealkylation sites (tertiary alicyclic amines) is 1. The molecule has 90 valence electrons. The normalized spacial score (nSPS) is 19.4. The molecule has 0 bridgehead atoms. The number of aromatic nitrogens is 2. The van der Waals surface area contributed by atoms with Gasteiger partial charge in [0.15, 0.2) is 0 Å². The molecule has 1 aliphatic rings. The lowest BCUT2D eigenvalue weighted by atomic mass is 10.1. The van der Waals surface area contributed by atoms with Crippen molar-refractivity contribution in [1.29, 1.82) is 0 Å². The summed E-state index contributed by atoms with van der Waals surface area (Å²) in [7, 11) is 0. The van der Waals surface area contributed by atoms with E-state index in [0.717, 1.165) is 19.4 Å². The lowest BCUT2D eigenvalue weighted by Gasteiger charge is -2.23. The molecule has 1 aromatic rings. The van der Waals surface area contributed by atoms with E-state index in [9.17, 15) is 9.59 Å². The first kappa shape index (κ1) is 11.7. The van der Waals surface area contributed by atoms with Gasteiger partial charge in [0, 0.05) is 19.0 Å².